The van der Waals surface area contributed by atoms with Gasteiger partial charge in [0.25, 0.3) is 0 Å². The summed E-state index contributed by atoms with van der Waals surface area (Å²) in [6.45, 7) is 1.87. The molecule has 0 unspecified atom stereocenters. The van der Waals surface area contributed by atoms with Crippen LogP contribution in [0.3, 0.4) is 0 Å². The van der Waals surface area contributed by atoms with Crippen LogP contribution in [-0.2, 0) is 16.0 Å². The number of para-hydroxylation sites is 1. The summed E-state index contributed by atoms with van der Waals surface area (Å²) in [5, 5.41) is 5.26. The topological polar surface area (TPSA) is 58.2 Å². The van der Waals surface area contributed by atoms with Crippen LogP contribution >= 0.6 is 0 Å². The molecule has 2 rings (SSSR count). The van der Waals surface area contributed by atoms with Gasteiger partial charge in [-0.2, -0.15) is 0 Å². The number of nitrogens with one attached hydrogen (secondary N) is 2. The van der Waals surface area contributed by atoms with Crippen molar-refractivity contribution in [1.82, 2.24) is 5.32 Å². The van der Waals surface area contributed by atoms with E-state index in [0.29, 0.717) is 5.56 Å². The number of benzene rings is 2. The SMILES string of the molecule is CCc1ccccc1NC(=O)CNC(=O)/C=C/c1cccc(F)c1. The van der Waals surface area contributed by atoms with Gasteiger partial charge in [0.15, 0.2) is 0 Å². The van der Waals surface area contributed by atoms with Crippen LogP contribution in [0.25, 0.3) is 6.08 Å². The molecule has 0 saturated carbocycles. The molecule has 0 heterocycles. The first-order valence-electron chi connectivity index (χ1n) is 7.67. The predicted octanol–water partition coefficient (Wildman–Crippen LogP) is 3.16. The van der Waals surface area contributed by atoms with E-state index in [1.165, 1.54) is 24.3 Å². The third-order valence-electron chi connectivity index (χ3n) is 3.37. The molecule has 0 radical (unpaired) electrons. The molecule has 0 fully saturated rings. The molecule has 124 valence electrons. The third kappa shape index (κ3) is 5.35. The molecule has 4 nitrogen and oxygen atoms in total. The zero-order valence-electron chi connectivity index (χ0n) is 13.4. The maximum Gasteiger partial charge on any atom is 0.244 e. The second-order valence-corrected chi connectivity index (χ2v) is 5.17. The van der Waals surface area contributed by atoms with Gasteiger partial charge in [-0.3, -0.25) is 9.59 Å². The van der Waals surface area contributed by atoms with E-state index in [4.69, 9.17) is 0 Å². The minimum atomic E-state index is -0.418. The molecule has 0 aliphatic carbocycles. The van der Waals surface area contributed by atoms with Crippen molar-refractivity contribution < 1.29 is 14.0 Å². The van der Waals surface area contributed by atoms with Gasteiger partial charge < -0.3 is 10.6 Å². The summed E-state index contributed by atoms with van der Waals surface area (Å²) in [6.07, 6.45) is 3.56. The molecule has 0 aromatic heterocycles. The van der Waals surface area contributed by atoms with E-state index >= 15 is 0 Å². The first kappa shape index (κ1) is 17.4. The van der Waals surface area contributed by atoms with Crippen molar-refractivity contribution in [3.63, 3.8) is 0 Å². The molecule has 0 aliphatic heterocycles. The van der Waals surface area contributed by atoms with E-state index in [9.17, 15) is 14.0 Å². The van der Waals surface area contributed by atoms with Crippen molar-refractivity contribution in [2.45, 2.75) is 13.3 Å². The molecule has 5 heteroatoms. The van der Waals surface area contributed by atoms with Crippen LogP contribution in [-0.4, -0.2) is 18.4 Å². The number of hydrogen-bond donors (Lipinski definition) is 2. The lowest BCUT2D eigenvalue weighted by Gasteiger charge is -2.09. The molecule has 0 aliphatic rings. The van der Waals surface area contributed by atoms with Crippen LogP contribution in [0, 0.1) is 5.82 Å². The fraction of sp³-hybridized carbons (Fsp3) is 0.158. The van der Waals surface area contributed by atoms with Crippen molar-refractivity contribution in [3.05, 3.63) is 71.6 Å². The smallest absolute Gasteiger partial charge is 0.244 e. The van der Waals surface area contributed by atoms with Crippen LogP contribution in [0.1, 0.15) is 18.1 Å². The summed E-state index contributed by atoms with van der Waals surface area (Å²) < 4.78 is 13.0. The fourth-order valence-electron chi connectivity index (χ4n) is 2.15. The maximum absolute atomic E-state index is 13.0. The predicted molar refractivity (Wildman–Crippen MR) is 92.9 cm³/mol. The molecule has 0 atom stereocenters. The highest BCUT2D eigenvalue weighted by atomic mass is 19.1. The molecule has 2 aromatic rings. The summed E-state index contributed by atoms with van der Waals surface area (Å²) >= 11 is 0. The van der Waals surface area contributed by atoms with E-state index < -0.39 is 5.91 Å². The number of rotatable bonds is 6. The zero-order valence-corrected chi connectivity index (χ0v) is 13.4. The number of anilines is 1. The van der Waals surface area contributed by atoms with Gasteiger partial charge in [0.05, 0.1) is 6.54 Å². The second-order valence-electron chi connectivity index (χ2n) is 5.17. The molecule has 2 amide bonds. The standard InChI is InChI=1S/C19H19FN2O2/c1-2-15-7-3-4-9-17(15)22-19(24)13-21-18(23)11-10-14-6-5-8-16(20)12-14/h3-12H,2,13H2,1H3,(H,21,23)(H,22,24)/b11-10+. The number of halogens is 1. The van der Waals surface area contributed by atoms with Crippen molar-refractivity contribution in [2.75, 3.05) is 11.9 Å². The summed E-state index contributed by atoms with van der Waals surface area (Å²) in [5.41, 5.74) is 2.35. The second kappa shape index (κ2) is 8.62. The summed E-state index contributed by atoms with van der Waals surface area (Å²) in [6, 6.07) is 13.4. The minimum absolute atomic E-state index is 0.135. The van der Waals surface area contributed by atoms with Gasteiger partial charge in [0, 0.05) is 11.8 Å². The molecular formula is C19H19FN2O2. The number of aryl methyl sites for hydroxylation is 1. The number of hydrogen-bond acceptors (Lipinski definition) is 2. The van der Waals surface area contributed by atoms with Crippen molar-refractivity contribution in [1.29, 1.82) is 0 Å². The van der Waals surface area contributed by atoms with Crippen LogP contribution in [0.5, 0.6) is 0 Å². The highest BCUT2D eigenvalue weighted by molar-refractivity contribution is 5.98. The fourth-order valence-corrected chi connectivity index (χ4v) is 2.15. The first-order valence-corrected chi connectivity index (χ1v) is 7.67. The van der Waals surface area contributed by atoms with Crippen LogP contribution in [0.4, 0.5) is 10.1 Å². The lowest BCUT2D eigenvalue weighted by molar-refractivity contribution is -0.121. The Balaban J connectivity index is 1.84. The molecular weight excluding hydrogens is 307 g/mol. The highest BCUT2D eigenvalue weighted by Crippen LogP contribution is 2.14. The Kier molecular flexibility index (Phi) is 6.25. The Labute approximate surface area is 140 Å². The van der Waals surface area contributed by atoms with E-state index in [0.717, 1.165) is 17.7 Å². The third-order valence-corrected chi connectivity index (χ3v) is 3.37. The Morgan fingerprint density at radius 1 is 1.12 bits per heavy atom. The van der Waals surface area contributed by atoms with Crippen molar-refractivity contribution >= 4 is 23.6 Å². The normalized spacial score (nSPS) is 10.6. The Morgan fingerprint density at radius 3 is 2.67 bits per heavy atom. The number of amides is 2. The number of carbonyl (C=O) groups is 2. The monoisotopic (exact) mass is 326 g/mol. The number of carbonyl (C=O) groups excluding carboxylic acids is 2. The van der Waals surface area contributed by atoms with Crippen LogP contribution < -0.4 is 10.6 Å². The van der Waals surface area contributed by atoms with Gasteiger partial charge in [-0.25, -0.2) is 4.39 Å². The van der Waals surface area contributed by atoms with Crippen molar-refractivity contribution in [3.8, 4) is 0 Å². The van der Waals surface area contributed by atoms with E-state index in [-0.39, 0.29) is 18.3 Å². The molecule has 24 heavy (non-hydrogen) atoms. The van der Waals surface area contributed by atoms with E-state index in [1.54, 1.807) is 12.1 Å². The van der Waals surface area contributed by atoms with Gasteiger partial charge in [-0.1, -0.05) is 37.3 Å². The van der Waals surface area contributed by atoms with E-state index in [2.05, 4.69) is 10.6 Å². The first-order chi connectivity index (χ1) is 11.6. The molecule has 2 N–H and O–H groups in total. The Morgan fingerprint density at radius 2 is 1.92 bits per heavy atom. The molecule has 0 spiro atoms. The molecule has 0 bridgehead atoms. The van der Waals surface area contributed by atoms with Gasteiger partial charge in [0.2, 0.25) is 11.8 Å². The van der Waals surface area contributed by atoms with Gasteiger partial charge >= 0.3 is 0 Å². The van der Waals surface area contributed by atoms with Crippen LogP contribution in [0.2, 0.25) is 0 Å². The average Bonchev–Trinajstić information content (AvgIpc) is 2.58. The lowest BCUT2D eigenvalue weighted by atomic mass is 10.1. The quantitative estimate of drug-likeness (QED) is 0.801. The Hall–Kier alpha value is -2.95. The van der Waals surface area contributed by atoms with Gasteiger partial charge in [-0.05, 0) is 41.8 Å². The summed E-state index contributed by atoms with van der Waals surface area (Å²) in [4.78, 5) is 23.6. The zero-order chi connectivity index (χ0) is 17.4. The minimum Gasteiger partial charge on any atom is -0.343 e. The van der Waals surface area contributed by atoms with E-state index in [1.807, 2.05) is 31.2 Å². The average molecular weight is 326 g/mol. The van der Waals surface area contributed by atoms with Crippen molar-refractivity contribution in [2.24, 2.45) is 0 Å². The highest BCUT2D eigenvalue weighted by Gasteiger charge is 2.06. The molecule has 0 saturated heterocycles. The largest absolute Gasteiger partial charge is 0.343 e. The molecule has 2 aromatic carbocycles. The van der Waals surface area contributed by atoms with Gasteiger partial charge in [-0.15, -0.1) is 0 Å². The lowest BCUT2D eigenvalue weighted by Crippen LogP contribution is -2.31. The summed E-state index contributed by atoms with van der Waals surface area (Å²) in [7, 11) is 0. The Bertz CT molecular complexity index is 757. The summed E-state index contributed by atoms with van der Waals surface area (Å²) in [5.74, 6) is -1.09. The maximum atomic E-state index is 13.0. The van der Waals surface area contributed by atoms with Gasteiger partial charge in [0.1, 0.15) is 5.82 Å². The van der Waals surface area contributed by atoms with Crippen LogP contribution in [0.15, 0.2) is 54.6 Å².